The summed E-state index contributed by atoms with van der Waals surface area (Å²) in [6.45, 7) is 4.16. The highest BCUT2D eigenvalue weighted by atomic mass is 79.9. The fourth-order valence-corrected chi connectivity index (χ4v) is 2.58. The Hall–Kier alpha value is -1.43. The second-order valence-electron chi connectivity index (χ2n) is 5.27. The summed E-state index contributed by atoms with van der Waals surface area (Å²) < 4.78 is 14.0. The number of anilines is 1. The molecule has 0 saturated carbocycles. The second kappa shape index (κ2) is 6.56. The molecule has 6 heteroatoms. The summed E-state index contributed by atoms with van der Waals surface area (Å²) in [5, 5.41) is 2.77. The van der Waals surface area contributed by atoms with E-state index in [0.29, 0.717) is 10.2 Å². The molecular formula is C15H18BrFN2O2. The lowest BCUT2D eigenvalue weighted by Gasteiger charge is -2.27. The van der Waals surface area contributed by atoms with Gasteiger partial charge in [0.25, 0.3) is 0 Å². The molecule has 1 aromatic carbocycles. The van der Waals surface area contributed by atoms with E-state index in [1.165, 1.54) is 11.0 Å². The molecule has 2 unspecified atom stereocenters. The molecule has 114 valence electrons. The molecule has 1 fully saturated rings. The Morgan fingerprint density at radius 2 is 2.19 bits per heavy atom. The Labute approximate surface area is 131 Å². The normalized spacial score (nSPS) is 21.0. The second-order valence-corrected chi connectivity index (χ2v) is 6.12. The number of nitrogens with zero attached hydrogens (tertiary/aromatic N) is 1. The van der Waals surface area contributed by atoms with Gasteiger partial charge in [-0.25, -0.2) is 4.39 Å². The number of halogens is 2. The van der Waals surface area contributed by atoms with E-state index in [9.17, 15) is 14.0 Å². The van der Waals surface area contributed by atoms with Crippen LogP contribution in [0.4, 0.5) is 10.1 Å². The molecule has 1 aliphatic rings. The summed E-state index contributed by atoms with van der Waals surface area (Å²) in [7, 11) is 0. The number of nitrogens with one attached hydrogen (secondary N) is 1. The van der Waals surface area contributed by atoms with Crippen LogP contribution >= 0.6 is 15.9 Å². The zero-order valence-electron chi connectivity index (χ0n) is 12.0. The third kappa shape index (κ3) is 3.43. The van der Waals surface area contributed by atoms with E-state index in [1.807, 2.05) is 13.8 Å². The summed E-state index contributed by atoms with van der Waals surface area (Å²) in [6.07, 6.45) is 0.996. The van der Waals surface area contributed by atoms with Gasteiger partial charge in [0.15, 0.2) is 0 Å². The molecule has 0 radical (unpaired) electrons. The maximum atomic E-state index is 13.7. The van der Waals surface area contributed by atoms with Gasteiger partial charge in [-0.2, -0.15) is 0 Å². The van der Waals surface area contributed by atoms with E-state index < -0.39 is 11.9 Å². The standard InChI is InChI=1S/C15H18BrFN2O2/c1-3-9(2)14-15(21)19(7-6-13(20)18-14)10-4-5-11(16)12(17)8-10/h4-5,8-9,14H,3,6-7H2,1-2H3,(H,18,20). The smallest absolute Gasteiger partial charge is 0.249 e. The highest BCUT2D eigenvalue weighted by molar-refractivity contribution is 9.10. The van der Waals surface area contributed by atoms with E-state index in [-0.39, 0.29) is 30.7 Å². The van der Waals surface area contributed by atoms with Crippen molar-refractivity contribution in [2.45, 2.75) is 32.7 Å². The predicted molar refractivity (Wildman–Crippen MR) is 82.5 cm³/mol. The molecule has 2 atom stereocenters. The zero-order valence-corrected chi connectivity index (χ0v) is 13.6. The molecule has 1 aromatic rings. The number of amides is 2. The first kappa shape index (κ1) is 15.9. The summed E-state index contributed by atoms with van der Waals surface area (Å²) in [5.74, 6) is -0.725. The average Bonchev–Trinajstić information content (AvgIpc) is 2.61. The minimum Gasteiger partial charge on any atom is -0.344 e. The topological polar surface area (TPSA) is 49.4 Å². The Morgan fingerprint density at radius 1 is 1.48 bits per heavy atom. The average molecular weight is 357 g/mol. The van der Waals surface area contributed by atoms with Crippen molar-refractivity contribution >= 4 is 33.4 Å². The van der Waals surface area contributed by atoms with E-state index in [0.717, 1.165) is 6.42 Å². The third-order valence-corrected chi connectivity index (χ3v) is 4.48. The summed E-state index contributed by atoms with van der Waals surface area (Å²) >= 11 is 3.09. The molecule has 1 saturated heterocycles. The Kier molecular flexibility index (Phi) is 4.98. The number of rotatable bonds is 3. The lowest BCUT2D eigenvalue weighted by Crippen LogP contribution is -2.48. The number of hydrogen-bond acceptors (Lipinski definition) is 2. The minimum absolute atomic E-state index is 0.0299. The van der Waals surface area contributed by atoms with Gasteiger partial charge in [0.1, 0.15) is 11.9 Å². The van der Waals surface area contributed by atoms with Gasteiger partial charge in [0, 0.05) is 18.7 Å². The number of carbonyl (C=O) groups is 2. The van der Waals surface area contributed by atoms with Crippen LogP contribution in [0.5, 0.6) is 0 Å². The molecule has 1 aliphatic heterocycles. The van der Waals surface area contributed by atoms with Crippen molar-refractivity contribution in [3.63, 3.8) is 0 Å². The van der Waals surface area contributed by atoms with Crippen molar-refractivity contribution in [1.29, 1.82) is 0 Å². The van der Waals surface area contributed by atoms with Crippen LogP contribution in [-0.2, 0) is 9.59 Å². The largest absolute Gasteiger partial charge is 0.344 e. The lowest BCUT2D eigenvalue weighted by atomic mass is 9.98. The third-order valence-electron chi connectivity index (χ3n) is 3.84. The zero-order chi connectivity index (χ0) is 15.6. The number of carbonyl (C=O) groups excluding carboxylic acids is 2. The van der Waals surface area contributed by atoms with Crippen molar-refractivity contribution in [2.24, 2.45) is 5.92 Å². The Morgan fingerprint density at radius 3 is 2.81 bits per heavy atom. The monoisotopic (exact) mass is 356 g/mol. The molecule has 1 heterocycles. The molecule has 1 N–H and O–H groups in total. The van der Waals surface area contributed by atoms with Gasteiger partial charge < -0.3 is 10.2 Å². The fraction of sp³-hybridized carbons (Fsp3) is 0.467. The summed E-state index contributed by atoms with van der Waals surface area (Å²) in [6, 6.07) is 3.99. The molecule has 4 nitrogen and oxygen atoms in total. The summed E-state index contributed by atoms with van der Waals surface area (Å²) in [5.41, 5.74) is 0.477. The SMILES string of the molecule is CCC(C)C1NC(=O)CCN(c2ccc(Br)c(F)c2)C1=O. The number of hydrogen-bond donors (Lipinski definition) is 1. The van der Waals surface area contributed by atoms with Gasteiger partial charge >= 0.3 is 0 Å². The number of benzene rings is 1. The van der Waals surface area contributed by atoms with Crippen LogP contribution in [-0.4, -0.2) is 24.4 Å². The van der Waals surface area contributed by atoms with Crippen LogP contribution in [0.2, 0.25) is 0 Å². The summed E-state index contributed by atoms with van der Waals surface area (Å²) in [4.78, 5) is 25.9. The highest BCUT2D eigenvalue weighted by Gasteiger charge is 2.33. The first-order valence-corrected chi connectivity index (χ1v) is 7.79. The van der Waals surface area contributed by atoms with Gasteiger partial charge in [-0.05, 0) is 40.0 Å². The molecular weight excluding hydrogens is 339 g/mol. The van der Waals surface area contributed by atoms with Crippen molar-refractivity contribution in [2.75, 3.05) is 11.4 Å². The van der Waals surface area contributed by atoms with Crippen LogP contribution in [0.3, 0.4) is 0 Å². The van der Waals surface area contributed by atoms with Crippen molar-refractivity contribution in [1.82, 2.24) is 5.32 Å². The van der Waals surface area contributed by atoms with Crippen LogP contribution in [0.15, 0.2) is 22.7 Å². The maximum Gasteiger partial charge on any atom is 0.249 e. The molecule has 0 aliphatic carbocycles. The molecule has 0 spiro atoms. The molecule has 0 bridgehead atoms. The van der Waals surface area contributed by atoms with Gasteiger partial charge in [-0.15, -0.1) is 0 Å². The highest BCUT2D eigenvalue weighted by Crippen LogP contribution is 2.25. The van der Waals surface area contributed by atoms with Crippen molar-refractivity contribution < 1.29 is 14.0 Å². The van der Waals surface area contributed by atoms with Gasteiger partial charge in [-0.3, -0.25) is 9.59 Å². The quantitative estimate of drug-likeness (QED) is 0.905. The van der Waals surface area contributed by atoms with Crippen LogP contribution < -0.4 is 10.2 Å². The van der Waals surface area contributed by atoms with Crippen LogP contribution in [0.25, 0.3) is 0 Å². The van der Waals surface area contributed by atoms with E-state index in [4.69, 9.17) is 0 Å². The molecule has 2 rings (SSSR count). The van der Waals surface area contributed by atoms with Crippen molar-refractivity contribution in [3.8, 4) is 0 Å². The first-order valence-electron chi connectivity index (χ1n) is 6.99. The Balaban J connectivity index is 2.34. The van der Waals surface area contributed by atoms with E-state index in [1.54, 1.807) is 12.1 Å². The van der Waals surface area contributed by atoms with E-state index in [2.05, 4.69) is 21.2 Å². The van der Waals surface area contributed by atoms with Gasteiger partial charge in [0.05, 0.1) is 4.47 Å². The fourth-order valence-electron chi connectivity index (χ4n) is 2.33. The lowest BCUT2D eigenvalue weighted by molar-refractivity contribution is -0.126. The molecule has 2 amide bonds. The molecule has 21 heavy (non-hydrogen) atoms. The maximum absolute atomic E-state index is 13.7. The first-order chi connectivity index (χ1) is 9.93. The van der Waals surface area contributed by atoms with Gasteiger partial charge in [-0.1, -0.05) is 20.3 Å². The Bertz CT molecular complexity index is 565. The minimum atomic E-state index is -0.559. The van der Waals surface area contributed by atoms with E-state index >= 15 is 0 Å². The van der Waals surface area contributed by atoms with Crippen molar-refractivity contribution in [3.05, 3.63) is 28.5 Å². The van der Waals surface area contributed by atoms with Crippen LogP contribution in [0.1, 0.15) is 26.7 Å². The predicted octanol–water partition coefficient (Wildman–Crippen LogP) is 2.86. The van der Waals surface area contributed by atoms with Crippen LogP contribution in [0, 0.1) is 11.7 Å². The van der Waals surface area contributed by atoms with Gasteiger partial charge in [0.2, 0.25) is 11.8 Å². The molecule has 0 aromatic heterocycles.